The number of anilines is 1. The van der Waals surface area contributed by atoms with Crippen molar-refractivity contribution in [2.45, 2.75) is 19.9 Å². The maximum Gasteiger partial charge on any atom is 0.253 e. The van der Waals surface area contributed by atoms with Gasteiger partial charge in [0.15, 0.2) is 0 Å². The zero-order valence-electron chi connectivity index (χ0n) is 15.1. The molecule has 4 rings (SSSR count). The highest BCUT2D eigenvalue weighted by Gasteiger charge is 2.14. The third-order valence-electron chi connectivity index (χ3n) is 4.51. The number of benzene rings is 1. The molecule has 28 heavy (non-hydrogen) atoms. The van der Waals surface area contributed by atoms with Crippen LogP contribution in [-0.2, 0) is 0 Å². The number of hydrogen-bond acceptors (Lipinski definition) is 5. The second-order valence-corrected chi connectivity index (χ2v) is 7.66. The number of hydrogen-bond donors (Lipinski definition) is 2. The van der Waals surface area contributed by atoms with Gasteiger partial charge in [-0.15, -0.1) is 0 Å². The van der Waals surface area contributed by atoms with E-state index in [1.165, 1.54) is 12.1 Å². The van der Waals surface area contributed by atoms with E-state index in [2.05, 4.69) is 25.6 Å². The summed E-state index contributed by atoms with van der Waals surface area (Å²) in [6, 6.07) is 5.90. The van der Waals surface area contributed by atoms with Gasteiger partial charge in [-0.25, -0.2) is 14.4 Å². The molecule has 5 nitrogen and oxygen atoms in total. The molecular weight excluding hydrogens is 399 g/mol. The summed E-state index contributed by atoms with van der Waals surface area (Å²) in [6.45, 7) is 3.87. The van der Waals surface area contributed by atoms with Crippen LogP contribution in [0.4, 0.5) is 10.3 Å². The number of thiophene rings is 1. The van der Waals surface area contributed by atoms with Crippen molar-refractivity contribution < 1.29 is 4.39 Å². The molecule has 0 aliphatic heterocycles. The van der Waals surface area contributed by atoms with Crippen molar-refractivity contribution >= 4 is 39.8 Å². The van der Waals surface area contributed by atoms with E-state index in [1.54, 1.807) is 23.6 Å². The van der Waals surface area contributed by atoms with E-state index in [0.29, 0.717) is 22.4 Å². The van der Waals surface area contributed by atoms with Gasteiger partial charge in [0.05, 0.1) is 22.3 Å². The summed E-state index contributed by atoms with van der Waals surface area (Å²) in [5.41, 5.74) is 3.60. The maximum absolute atomic E-state index is 13.6. The van der Waals surface area contributed by atoms with Gasteiger partial charge in [-0.3, -0.25) is 4.79 Å². The lowest BCUT2D eigenvalue weighted by molar-refractivity contribution is 0.629. The van der Waals surface area contributed by atoms with Gasteiger partial charge >= 0.3 is 0 Å². The Balaban J connectivity index is 1.66. The molecule has 3 aromatic heterocycles. The molecule has 3 heterocycles. The number of nitrogens with zero attached hydrogens (tertiary/aromatic N) is 2. The molecule has 1 aromatic carbocycles. The molecule has 0 spiro atoms. The Kier molecular flexibility index (Phi) is 4.87. The Labute approximate surface area is 169 Å². The van der Waals surface area contributed by atoms with E-state index >= 15 is 0 Å². The molecule has 142 valence electrons. The summed E-state index contributed by atoms with van der Waals surface area (Å²) in [5.74, 6) is -0.148. The lowest BCUT2D eigenvalue weighted by Crippen LogP contribution is -2.20. The molecule has 0 aliphatic rings. The van der Waals surface area contributed by atoms with Crippen LogP contribution in [-0.4, -0.2) is 15.0 Å². The highest BCUT2D eigenvalue weighted by Crippen LogP contribution is 2.27. The summed E-state index contributed by atoms with van der Waals surface area (Å²) in [6.07, 6.45) is 1.68. The quantitative estimate of drug-likeness (QED) is 0.474. The SMILES string of the molecule is Cc1cscc1-c1ccnc(N[C@@H](C)c2cc3cc(Cl)c(F)cc3[nH]c2=O)n1. The molecule has 0 unspecified atom stereocenters. The topological polar surface area (TPSA) is 70.7 Å². The second kappa shape index (κ2) is 7.33. The van der Waals surface area contributed by atoms with Crippen molar-refractivity contribution in [3.8, 4) is 11.3 Å². The van der Waals surface area contributed by atoms with E-state index in [4.69, 9.17) is 11.6 Å². The summed E-state index contributed by atoms with van der Waals surface area (Å²) in [5, 5.41) is 7.93. The van der Waals surface area contributed by atoms with E-state index in [9.17, 15) is 9.18 Å². The van der Waals surface area contributed by atoms with Crippen LogP contribution < -0.4 is 10.9 Å². The lowest BCUT2D eigenvalue weighted by Gasteiger charge is -2.15. The van der Waals surface area contributed by atoms with E-state index < -0.39 is 5.82 Å². The first-order valence-corrected chi connectivity index (χ1v) is 9.89. The fraction of sp³-hybridized carbons (Fsp3) is 0.150. The van der Waals surface area contributed by atoms with Crippen LogP contribution in [0.5, 0.6) is 0 Å². The van der Waals surface area contributed by atoms with Crippen LogP contribution in [0.25, 0.3) is 22.2 Å². The van der Waals surface area contributed by atoms with Gasteiger partial charge in [-0.1, -0.05) is 11.6 Å². The van der Waals surface area contributed by atoms with Crippen LogP contribution in [0.3, 0.4) is 0 Å². The van der Waals surface area contributed by atoms with Gasteiger partial charge in [-0.2, -0.15) is 11.3 Å². The number of pyridine rings is 1. The number of fused-ring (bicyclic) bond motifs is 1. The van der Waals surface area contributed by atoms with Crippen molar-refractivity contribution in [2.24, 2.45) is 0 Å². The minimum absolute atomic E-state index is 0.00767. The largest absolute Gasteiger partial charge is 0.347 e. The number of rotatable bonds is 4. The molecule has 0 radical (unpaired) electrons. The fourth-order valence-corrected chi connectivity index (χ4v) is 4.03. The van der Waals surface area contributed by atoms with Crippen molar-refractivity contribution in [3.05, 3.63) is 73.5 Å². The maximum atomic E-state index is 13.6. The molecule has 8 heteroatoms. The Morgan fingerprint density at radius 1 is 1.29 bits per heavy atom. The molecule has 0 aliphatic carbocycles. The van der Waals surface area contributed by atoms with Crippen LogP contribution in [0.15, 0.2) is 46.0 Å². The van der Waals surface area contributed by atoms with E-state index in [-0.39, 0.29) is 16.6 Å². The molecule has 4 aromatic rings. The molecule has 0 fully saturated rings. The van der Waals surface area contributed by atoms with Gasteiger partial charge in [-0.05, 0) is 49.1 Å². The first kappa shape index (κ1) is 18.6. The molecule has 2 N–H and O–H groups in total. The number of H-pyrrole nitrogens is 1. The highest BCUT2D eigenvalue weighted by molar-refractivity contribution is 7.08. The number of aryl methyl sites for hydroxylation is 1. The average Bonchev–Trinajstić information content (AvgIpc) is 3.09. The van der Waals surface area contributed by atoms with Crippen LogP contribution in [0, 0.1) is 12.7 Å². The molecule has 0 saturated carbocycles. The predicted molar refractivity (Wildman–Crippen MR) is 112 cm³/mol. The number of nitrogens with one attached hydrogen (secondary N) is 2. The van der Waals surface area contributed by atoms with Gasteiger partial charge < -0.3 is 10.3 Å². The summed E-state index contributed by atoms with van der Waals surface area (Å²) in [4.78, 5) is 24.0. The van der Waals surface area contributed by atoms with Gasteiger partial charge in [0.2, 0.25) is 5.95 Å². The van der Waals surface area contributed by atoms with Crippen LogP contribution in [0.1, 0.15) is 24.1 Å². The number of halogens is 2. The Morgan fingerprint density at radius 2 is 2.11 bits per heavy atom. The fourth-order valence-electron chi connectivity index (χ4n) is 3.01. The van der Waals surface area contributed by atoms with Gasteiger partial charge in [0.1, 0.15) is 5.82 Å². The van der Waals surface area contributed by atoms with Crippen molar-refractivity contribution in [3.63, 3.8) is 0 Å². The first-order chi connectivity index (χ1) is 13.4. The first-order valence-electron chi connectivity index (χ1n) is 8.57. The van der Waals surface area contributed by atoms with Crippen molar-refractivity contribution in [2.75, 3.05) is 5.32 Å². The number of aromatic nitrogens is 3. The monoisotopic (exact) mass is 414 g/mol. The predicted octanol–water partition coefficient (Wildman–Crippen LogP) is 5.32. The third-order valence-corrected chi connectivity index (χ3v) is 5.66. The zero-order chi connectivity index (χ0) is 19.8. The van der Waals surface area contributed by atoms with Crippen LogP contribution in [0.2, 0.25) is 5.02 Å². The number of aromatic amines is 1. The minimum Gasteiger partial charge on any atom is -0.347 e. The van der Waals surface area contributed by atoms with Crippen molar-refractivity contribution in [1.29, 1.82) is 0 Å². The van der Waals surface area contributed by atoms with Gasteiger partial charge in [0.25, 0.3) is 5.56 Å². The highest BCUT2D eigenvalue weighted by atomic mass is 35.5. The van der Waals surface area contributed by atoms with E-state index in [0.717, 1.165) is 16.8 Å². The summed E-state index contributed by atoms with van der Waals surface area (Å²) >= 11 is 7.49. The summed E-state index contributed by atoms with van der Waals surface area (Å²) in [7, 11) is 0. The summed E-state index contributed by atoms with van der Waals surface area (Å²) < 4.78 is 13.6. The zero-order valence-corrected chi connectivity index (χ0v) is 16.7. The smallest absolute Gasteiger partial charge is 0.253 e. The molecule has 0 amide bonds. The molecular formula is C20H16ClFN4OS. The Hall–Kier alpha value is -2.77. The standard InChI is InChI=1S/C20H16ClFN4OS/c1-10-8-28-9-14(10)17-3-4-23-20(26-17)24-11(2)13-5-12-6-15(21)16(22)7-18(12)25-19(13)27/h3-9,11H,1-2H3,(H,25,27)(H,23,24,26)/t11-/m0/s1. The van der Waals surface area contributed by atoms with Crippen molar-refractivity contribution in [1.82, 2.24) is 15.0 Å². The third kappa shape index (κ3) is 3.50. The Bertz CT molecular complexity index is 1240. The van der Waals surface area contributed by atoms with Crippen LogP contribution >= 0.6 is 22.9 Å². The second-order valence-electron chi connectivity index (χ2n) is 6.51. The van der Waals surface area contributed by atoms with Gasteiger partial charge in [0, 0.05) is 28.1 Å². The molecule has 0 bridgehead atoms. The average molecular weight is 415 g/mol. The Morgan fingerprint density at radius 3 is 2.86 bits per heavy atom. The minimum atomic E-state index is -0.572. The molecule has 0 saturated heterocycles. The molecule has 1 atom stereocenters. The normalized spacial score (nSPS) is 12.3. The van der Waals surface area contributed by atoms with E-state index in [1.807, 2.05) is 25.3 Å². The lowest BCUT2D eigenvalue weighted by atomic mass is 10.1.